The SMILES string of the molecule is C=CC(=O)NC(Cc1ccc([N+](=O)[O-])cc1)C(N)=O. The van der Waals surface area contributed by atoms with Gasteiger partial charge in [0.05, 0.1) is 4.92 Å². The maximum absolute atomic E-state index is 11.2. The zero-order valence-electron chi connectivity index (χ0n) is 10.0. The lowest BCUT2D eigenvalue weighted by molar-refractivity contribution is -0.384. The van der Waals surface area contributed by atoms with Crippen LogP contribution < -0.4 is 11.1 Å². The first-order chi connectivity index (χ1) is 8.93. The summed E-state index contributed by atoms with van der Waals surface area (Å²) in [5.41, 5.74) is 5.77. The van der Waals surface area contributed by atoms with Crippen LogP contribution in [0.2, 0.25) is 0 Å². The van der Waals surface area contributed by atoms with Crippen molar-refractivity contribution in [3.05, 3.63) is 52.6 Å². The highest BCUT2D eigenvalue weighted by Crippen LogP contribution is 2.13. The van der Waals surface area contributed by atoms with Gasteiger partial charge in [-0.05, 0) is 11.6 Å². The van der Waals surface area contributed by atoms with Gasteiger partial charge in [0, 0.05) is 18.6 Å². The molecule has 1 rings (SSSR count). The summed E-state index contributed by atoms with van der Waals surface area (Å²) in [5.74, 6) is -1.20. The van der Waals surface area contributed by atoms with E-state index < -0.39 is 22.8 Å². The van der Waals surface area contributed by atoms with Crippen molar-refractivity contribution < 1.29 is 14.5 Å². The molecule has 0 fully saturated rings. The summed E-state index contributed by atoms with van der Waals surface area (Å²) in [6.07, 6.45) is 1.19. The van der Waals surface area contributed by atoms with E-state index in [0.717, 1.165) is 6.08 Å². The number of non-ortho nitro benzene ring substituents is 1. The van der Waals surface area contributed by atoms with E-state index in [9.17, 15) is 19.7 Å². The Morgan fingerprint density at radius 3 is 2.42 bits per heavy atom. The number of benzene rings is 1. The van der Waals surface area contributed by atoms with Crippen LogP contribution in [0.25, 0.3) is 0 Å². The van der Waals surface area contributed by atoms with E-state index in [2.05, 4.69) is 11.9 Å². The third kappa shape index (κ3) is 4.23. The Hall–Kier alpha value is -2.70. The second-order valence-electron chi connectivity index (χ2n) is 3.80. The molecule has 0 aromatic heterocycles. The molecule has 0 spiro atoms. The second kappa shape index (κ2) is 6.29. The van der Waals surface area contributed by atoms with Crippen LogP contribution in [-0.2, 0) is 16.0 Å². The Kier molecular flexibility index (Phi) is 4.76. The van der Waals surface area contributed by atoms with Gasteiger partial charge in [-0.3, -0.25) is 19.7 Å². The lowest BCUT2D eigenvalue weighted by Crippen LogP contribution is -2.45. The molecule has 0 bridgehead atoms. The van der Waals surface area contributed by atoms with Crippen molar-refractivity contribution in [2.24, 2.45) is 5.73 Å². The second-order valence-corrected chi connectivity index (χ2v) is 3.80. The monoisotopic (exact) mass is 263 g/mol. The number of carbonyl (C=O) groups is 2. The number of nitrogens with one attached hydrogen (secondary N) is 1. The summed E-state index contributed by atoms with van der Waals surface area (Å²) in [6.45, 7) is 3.27. The molecular weight excluding hydrogens is 250 g/mol. The van der Waals surface area contributed by atoms with E-state index in [4.69, 9.17) is 5.73 Å². The van der Waals surface area contributed by atoms with E-state index in [0.29, 0.717) is 5.56 Å². The van der Waals surface area contributed by atoms with E-state index >= 15 is 0 Å². The molecule has 0 heterocycles. The summed E-state index contributed by atoms with van der Waals surface area (Å²) in [4.78, 5) is 32.3. The van der Waals surface area contributed by atoms with Crippen LogP contribution in [-0.4, -0.2) is 22.8 Å². The van der Waals surface area contributed by atoms with Gasteiger partial charge < -0.3 is 11.1 Å². The molecule has 1 aromatic rings. The van der Waals surface area contributed by atoms with Gasteiger partial charge in [0.1, 0.15) is 6.04 Å². The maximum Gasteiger partial charge on any atom is 0.269 e. The van der Waals surface area contributed by atoms with Gasteiger partial charge in [0.25, 0.3) is 5.69 Å². The molecule has 1 aromatic carbocycles. The van der Waals surface area contributed by atoms with Gasteiger partial charge in [-0.15, -0.1) is 0 Å². The smallest absolute Gasteiger partial charge is 0.269 e. The van der Waals surface area contributed by atoms with Crippen LogP contribution in [0.5, 0.6) is 0 Å². The molecule has 19 heavy (non-hydrogen) atoms. The van der Waals surface area contributed by atoms with Crippen LogP contribution in [0.1, 0.15) is 5.56 Å². The van der Waals surface area contributed by atoms with Crippen LogP contribution in [0.15, 0.2) is 36.9 Å². The highest BCUT2D eigenvalue weighted by molar-refractivity contribution is 5.92. The number of nitrogens with two attached hydrogens (primary N) is 1. The van der Waals surface area contributed by atoms with Crippen molar-refractivity contribution in [1.29, 1.82) is 0 Å². The van der Waals surface area contributed by atoms with Crippen molar-refractivity contribution in [2.75, 3.05) is 0 Å². The predicted octanol–water partition coefficient (Wildman–Crippen LogP) is 0.293. The van der Waals surface area contributed by atoms with Crippen LogP contribution in [0, 0.1) is 10.1 Å². The van der Waals surface area contributed by atoms with Crippen molar-refractivity contribution >= 4 is 17.5 Å². The molecule has 0 saturated heterocycles. The Labute approximate surface area is 109 Å². The fraction of sp³-hybridized carbons (Fsp3) is 0.167. The van der Waals surface area contributed by atoms with Gasteiger partial charge in [0.15, 0.2) is 0 Å². The zero-order chi connectivity index (χ0) is 14.4. The molecule has 7 nitrogen and oxygen atoms in total. The van der Waals surface area contributed by atoms with Gasteiger partial charge in [0.2, 0.25) is 11.8 Å². The minimum atomic E-state index is -0.882. The third-order valence-corrected chi connectivity index (χ3v) is 2.43. The van der Waals surface area contributed by atoms with E-state index in [1.807, 2.05) is 0 Å². The van der Waals surface area contributed by atoms with Crippen molar-refractivity contribution in [3.8, 4) is 0 Å². The molecule has 100 valence electrons. The van der Waals surface area contributed by atoms with Crippen LogP contribution in [0.4, 0.5) is 5.69 Å². The van der Waals surface area contributed by atoms with E-state index in [1.54, 1.807) is 0 Å². The average Bonchev–Trinajstić information content (AvgIpc) is 2.38. The summed E-state index contributed by atoms with van der Waals surface area (Å²) >= 11 is 0. The quantitative estimate of drug-likeness (QED) is 0.436. The lowest BCUT2D eigenvalue weighted by atomic mass is 10.1. The Morgan fingerprint density at radius 2 is 2.00 bits per heavy atom. The summed E-state index contributed by atoms with van der Waals surface area (Å²) < 4.78 is 0. The fourth-order valence-electron chi connectivity index (χ4n) is 1.44. The lowest BCUT2D eigenvalue weighted by Gasteiger charge is -2.14. The Bertz CT molecular complexity index is 510. The number of carbonyl (C=O) groups excluding carboxylic acids is 2. The van der Waals surface area contributed by atoms with Crippen molar-refractivity contribution in [2.45, 2.75) is 12.5 Å². The minimum absolute atomic E-state index is 0.0468. The Balaban J connectivity index is 2.79. The number of nitrogens with zero attached hydrogens (tertiary/aromatic N) is 1. The van der Waals surface area contributed by atoms with Crippen molar-refractivity contribution in [3.63, 3.8) is 0 Å². The number of hydrogen-bond acceptors (Lipinski definition) is 4. The predicted molar refractivity (Wildman–Crippen MR) is 68.1 cm³/mol. The molecule has 0 saturated carbocycles. The molecule has 2 amide bonds. The fourth-order valence-corrected chi connectivity index (χ4v) is 1.44. The molecule has 7 heteroatoms. The highest BCUT2D eigenvalue weighted by atomic mass is 16.6. The number of primary amides is 1. The zero-order valence-corrected chi connectivity index (χ0v) is 10.0. The number of rotatable bonds is 6. The minimum Gasteiger partial charge on any atom is -0.368 e. The standard InChI is InChI=1S/C12H13N3O4/c1-2-11(16)14-10(12(13)17)7-8-3-5-9(6-4-8)15(18)19/h2-6,10H,1,7H2,(H2,13,17)(H,14,16). The summed E-state index contributed by atoms with van der Waals surface area (Å²) in [5, 5.41) is 12.9. The largest absolute Gasteiger partial charge is 0.368 e. The first-order valence-corrected chi connectivity index (χ1v) is 5.39. The van der Waals surface area contributed by atoms with E-state index in [-0.39, 0.29) is 12.1 Å². The van der Waals surface area contributed by atoms with Crippen molar-refractivity contribution in [1.82, 2.24) is 5.32 Å². The van der Waals surface area contributed by atoms with Gasteiger partial charge in [-0.25, -0.2) is 0 Å². The molecule has 0 radical (unpaired) electrons. The molecule has 1 atom stereocenters. The molecular formula is C12H13N3O4. The van der Waals surface area contributed by atoms with Crippen LogP contribution >= 0.6 is 0 Å². The number of nitro benzene ring substituents is 1. The normalized spacial score (nSPS) is 11.4. The third-order valence-electron chi connectivity index (χ3n) is 2.43. The topological polar surface area (TPSA) is 115 Å². The number of hydrogen-bond donors (Lipinski definition) is 2. The molecule has 0 aliphatic rings. The maximum atomic E-state index is 11.2. The average molecular weight is 263 g/mol. The molecule has 1 unspecified atom stereocenters. The first-order valence-electron chi connectivity index (χ1n) is 5.39. The molecule has 0 aliphatic heterocycles. The van der Waals surface area contributed by atoms with Gasteiger partial charge in [-0.2, -0.15) is 0 Å². The highest BCUT2D eigenvalue weighted by Gasteiger charge is 2.17. The first kappa shape index (κ1) is 14.4. The molecule has 3 N–H and O–H groups in total. The Morgan fingerprint density at radius 1 is 1.42 bits per heavy atom. The van der Waals surface area contributed by atoms with Crippen LogP contribution in [0.3, 0.4) is 0 Å². The van der Waals surface area contributed by atoms with Gasteiger partial charge >= 0.3 is 0 Å². The number of amides is 2. The number of nitro groups is 1. The molecule has 0 aliphatic carbocycles. The summed E-state index contributed by atoms with van der Waals surface area (Å²) in [6, 6.07) is 4.78. The summed E-state index contributed by atoms with van der Waals surface area (Å²) in [7, 11) is 0. The van der Waals surface area contributed by atoms with Gasteiger partial charge in [-0.1, -0.05) is 18.7 Å². The van der Waals surface area contributed by atoms with E-state index in [1.165, 1.54) is 24.3 Å².